The second-order valence-electron chi connectivity index (χ2n) is 8.29. The summed E-state index contributed by atoms with van der Waals surface area (Å²) in [5, 5.41) is 20.4. The van der Waals surface area contributed by atoms with Gasteiger partial charge in [-0.3, -0.25) is 14.4 Å². The van der Waals surface area contributed by atoms with E-state index >= 15 is 0 Å². The fourth-order valence-corrected chi connectivity index (χ4v) is 3.54. The summed E-state index contributed by atoms with van der Waals surface area (Å²) in [6, 6.07) is -3.17. The highest BCUT2D eigenvalue weighted by Crippen LogP contribution is 2.11. The first-order chi connectivity index (χ1) is 14.1. The van der Waals surface area contributed by atoms with Crippen molar-refractivity contribution in [3.05, 3.63) is 0 Å². The molecule has 10 heteroatoms. The van der Waals surface area contributed by atoms with Crippen LogP contribution in [-0.2, 0) is 19.2 Å². The fourth-order valence-electron chi connectivity index (χ4n) is 3.29. The number of carbonyl (C=O) groups is 4. The normalized spacial score (nSPS) is 20.1. The molecule has 0 aromatic heterocycles. The van der Waals surface area contributed by atoms with E-state index in [1.54, 1.807) is 6.92 Å². The van der Waals surface area contributed by atoms with Crippen LogP contribution in [0, 0.1) is 11.8 Å². The molecule has 30 heavy (non-hydrogen) atoms. The minimum Gasteiger partial charge on any atom is -0.480 e. The zero-order valence-electron chi connectivity index (χ0n) is 18.2. The number of carboxylic acid groups (broad SMARTS) is 1. The number of carboxylic acids is 1. The molecule has 0 saturated carbocycles. The van der Waals surface area contributed by atoms with E-state index in [2.05, 4.69) is 33.9 Å². The highest BCUT2D eigenvalue weighted by Gasteiger charge is 2.32. The molecular weight excluding hydrogens is 408 g/mol. The summed E-state index contributed by atoms with van der Waals surface area (Å²) in [4.78, 5) is 49.4. The van der Waals surface area contributed by atoms with E-state index in [0.717, 1.165) is 13.0 Å². The number of amides is 3. The Morgan fingerprint density at radius 3 is 2.17 bits per heavy atom. The van der Waals surface area contributed by atoms with Crippen molar-refractivity contribution >= 4 is 36.3 Å². The molecule has 1 aliphatic rings. The van der Waals surface area contributed by atoms with Crippen molar-refractivity contribution in [1.29, 1.82) is 0 Å². The molecule has 1 saturated heterocycles. The Balaban J connectivity index is 2.82. The van der Waals surface area contributed by atoms with Gasteiger partial charge in [-0.25, -0.2) is 4.79 Å². The van der Waals surface area contributed by atoms with E-state index in [9.17, 15) is 24.3 Å². The quantitative estimate of drug-likeness (QED) is 0.240. The van der Waals surface area contributed by atoms with Crippen molar-refractivity contribution < 1.29 is 24.3 Å². The van der Waals surface area contributed by atoms with Gasteiger partial charge in [0.05, 0.1) is 6.04 Å². The minimum absolute atomic E-state index is 0.0743. The summed E-state index contributed by atoms with van der Waals surface area (Å²) >= 11 is 4.16. The lowest BCUT2D eigenvalue weighted by atomic mass is 9.97. The lowest BCUT2D eigenvalue weighted by Crippen LogP contribution is -2.58. The van der Waals surface area contributed by atoms with E-state index < -0.39 is 35.9 Å². The number of carbonyl (C=O) groups excluding carboxylic acids is 3. The van der Waals surface area contributed by atoms with Gasteiger partial charge in [-0.05, 0) is 37.6 Å². The van der Waals surface area contributed by atoms with E-state index in [1.165, 1.54) is 0 Å². The maximum absolute atomic E-state index is 12.8. The number of hydrogen-bond donors (Lipinski definition) is 6. The van der Waals surface area contributed by atoms with Crippen LogP contribution in [0.25, 0.3) is 0 Å². The average molecular weight is 445 g/mol. The van der Waals surface area contributed by atoms with Gasteiger partial charge in [-0.2, -0.15) is 12.6 Å². The third-order valence-electron chi connectivity index (χ3n) is 5.31. The minimum atomic E-state index is -1.11. The molecule has 5 N–H and O–H groups in total. The van der Waals surface area contributed by atoms with Gasteiger partial charge in [0.15, 0.2) is 0 Å². The van der Waals surface area contributed by atoms with Crippen molar-refractivity contribution in [2.24, 2.45) is 11.8 Å². The number of hydrogen-bond acceptors (Lipinski definition) is 6. The van der Waals surface area contributed by atoms with Crippen LogP contribution >= 0.6 is 12.6 Å². The first kappa shape index (κ1) is 26.2. The monoisotopic (exact) mass is 444 g/mol. The second kappa shape index (κ2) is 12.8. The second-order valence-corrected chi connectivity index (χ2v) is 8.66. The van der Waals surface area contributed by atoms with Crippen molar-refractivity contribution in [2.45, 2.75) is 77.5 Å². The Morgan fingerprint density at radius 2 is 1.70 bits per heavy atom. The Kier molecular flexibility index (Phi) is 11.2. The lowest BCUT2D eigenvalue weighted by molar-refractivity contribution is -0.144. The molecule has 1 fully saturated rings. The van der Waals surface area contributed by atoms with E-state index in [0.29, 0.717) is 19.3 Å². The highest BCUT2D eigenvalue weighted by molar-refractivity contribution is 7.80. The van der Waals surface area contributed by atoms with Crippen molar-refractivity contribution in [3.63, 3.8) is 0 Å². The molecule has 0 radical (unpaired) electrons. The molecular formula is C20H36N4O5S. The van der Waals surface area contributed by atoms with E-state index in [4.69, 9.17) is 0 Å². The van der Waals surface area contributed by atoms with Gasteiger partial charge in [0.25, 0.3) is 0 Å². The van der Waals surface area contributed by atoms with Crippen LogP contribution in [0.4, 0.5) is 0 Å². The van der Waals surface area contributed by atoms with Crippen LogP contribution in [0.1, 0.15) is 53.4 Å². The predicted octanol–water partition coefficient (Wildman–Crippen LogP) is 0.299. The summed E-state index contributed by atoms with van der Waals surface area (Å²) in [7, 11) is 0. The van der Waals surface area contributed by atoms with Crippen LogP contribution in [0.2, 0.25) is 0 Å². The van der Waals surface area contributed by atoms with Gasteiger partial charge in [0.2, 0.25) is 17.7 Å². The first-order valence-corrected chi connectivity index (χ1v) is 11.2. The SMILES string of the molecule is CCC(C)C(NC(=O)C(CC(C)C)NC(=O)C(CS)NC(=O)C1CCCN1)C(=O)O. The van der Waals surface area contributed by atoms with Crippen LogP contribution in [-0.4, -0.2) is 65.3 Å². The molecule has 9 nitrogen and oxygen atoms in total. The largest absolute Gasteiger partial charge is 0.480 e. The molecule has 5 unspecified atom stereocenters. The smallest absolute Gasteiger partial charge is 0.326 e. The molecule has 3 amide bonds. The van der Waals surface area contributed by atoms with E-state index in [-0.39, 0.29) is 29.5 Å². The molecule has 172 valence electrons. The summed E-state index contributed by atoms with van der Waals surface area (Å²) in [6.45, 7) is 8.16. The molecule has 0 spiro atoms. The van der Waals surface area contributed by atoms with Crippen molar-refractivity contribution in [3.8, 4) is 0 Å². The number of rotatable bonds is 12. The Hall–Kier alpha value is -1.81. The summed E-state index contributed by atoms with van der Waals surface area (Å²) in [6.07, 6.45) is 2.52. The third-order valence-corrected chi connectivity index (χ3v) is 5.67. The molecule has 1 aliphatic heterocycles. The van der Waals surface area contributed by atoms with Gasteiger partial charge >= 0.3 is 5.97 Å². The summed E-state index contributed by atoms with van der Waals surface area (Å²) in [5.74, 6) is -2.56. The number of nitrogens with one attached hydrogen (secondary N) is 4. The maximum Gasteiger partial charge on any atom is 0.326 e. The van der Waals surface area contributed by atoms with Crippen LogP contribution in [0.5, 0.6) is 0 Å². The number of aliphatic carboxylic acids is 1. The average Bonchev–Trinajstić information content (AvgIpc) is 3.22. The van der Waals surface area contributed by atoms with Crippen molar-refractivity contribution in [2.75, 3.05) is 12.3 Å². The standard InChI is InChI=1S/C20H36N4O5S/c1-5-12(4)16(20(28)29)24-18(26)14(9-11(2)3)22-19(27)15(10-30)23-17(25)13-7-6-8-21-13/h11-16,21,30H,5-10H2,1-4H3,(H,22,27)(H,23,25)(H,24,26)(H,28,29). The fraction of sp³-hybridized carbons (Fsp3) is 0.800. The maximum atomic E-state index is 12.8. The molecule has 1 rings (SSSR count). The Bertz CT molecular complexity index is 610. The Morgan fingerprint density at radius 1 is 1.07 bits per heavy atom. The van der Waals surface area contributed by atoms with Gasteiger partial charge in [0.1, 0.15) is 18.1 Å². The molecule has 0 aliphatic carbocycles. The topological polar surface area (TPSA) is 137 Å². The van der Waals surface area contributed by atoms with Crippen LogP contribution in [0.3, 0.4) is 0 Å². The van der Waals surface area contributed by atoms with Gasteiger partial charge in [-0.1, -0.05) is 34.1 Å². The molecule has 0 aromatic carbocycles. The van der Waals surface area contributed by atoms with Crippen molar-refractivity contribution in [1.82, 2.24) is 21.3 Å². The highest BCUT2D eigenvalue weighted by atomic mass is 32.1. The zero-order valence-corrected chi connectivity index (χ0v) is 19.1. The van der Waals surface area contributed by atoms with Gasteiger partial charge < -0.3 is 26.4 Å². The van der Waals surface area contributed by atoms with Gasteiger partial charge in [-0.15, -0.1) is 0 Å². The molecule has 5 atom stereocenters. The summed E-state index contributed by atoms with van der Waals surface area (Å²) in [5.41, 5.74) is 0. The first-order valence-electron chi connectivity index (χ1n) is 10.6. The molecule has 0 aromatic rings. The Labute approximate surface area is 183 Å². The molecule has 1 heterocycles. The van der Waals surface area contributed by atoms with Gasteiger partial charge in [0, 0.05) is 5.75 Å². The van der Waals surface area contributed by atoms with Crippen LogP contribution in [0.15, 0.2) is 0 Å². The van der Waals surface area contributed by atoms with E-state index in [1.807, 2.05) is 20.8 Å². The lowest BCUT2D eigenvalue weighted by Gasteiger charge is -2.27. The molecule has 0 bridgehead atoms. The predicted molar refractivity (Wildman–Crippen MR) is 117 cm³/mol. The van der Waals surface area contributed by atoms with Crippen LogP contribution < -0.4 is 21.3 Å². The third kappa shape index (κ3) is 8.14. The zero-order chi connectivity index (χ0) is 22.8. The summed E-state index contributed by atoms with van der Waals surface area (Å²) < 4.78 is 0. The number of thiol groups is 1.